The molecule has 0 fully saturated rings. The Bertz CT molecular complexity index is 1110. The minimum absolute atomic E-state index is 0.141. The highest BCUT2D eigenvalue weighted by Crippen LogP contribution is 2.11. The van der Waals surface area contributed by atoms with Gasteiger partial charge in [-0.1, -0.05) is 38.1 Å². The fourth-order valence-corrected chi connectivity index (χ4v) is 2.99. The van der Waals surface area contributed by atoms with Crippen LogP contribution in [0.1, 0.15) is 19.4 Å². The molecule has 3 rings (SSSR count). The van der Waals surface area contributed by atoms with E-state index in [0.29, 0.717) is 29.1 Å². The van der Waals surface area contributed by atoms with Crippen molar-refractivity contribution in [3.05, 3.63) is 74.9 Å². The summed E-state index contributed by atoms with van der Waals surface area (Å²) in [5, 5.41) is 3.22. The van der Waals surface area contributed by atoms with Crippen molar-refractivity contribution >= 4 is 16.8 Å². The van der Waals surface area contributed by atoms with E-state index in [-0.39, 0.29) is 18.0 Å². The molecule has 0 saturated carbocycles. The molecule has 0 radical (unpaired) electrons. The van der Waals surface area contributed by atoms with Crippen LogP contribution in [-0.4, -0.2) is 21.6 Å². The van der Waals surface area contributed by atoms with Crippen molar-refractivity contribution in [1.82, 2.24) is 14.5 Å². The standard InChI is InChI=1S/C21H23N3O3/c1-14(2)12-22-19(25)13-23-18-10-5-4-9-17(18)20(26)24(21(23)27)16-8-6-7-15(3)11-16/h4-11,14H,12-13H2,1-3H3,(H,22,25). The van der Waals surface area contributed by atoms with Crippen molar-refractivity contribution in [3.8, 4) is 5.69 Å². The molecular formula is C21H23N3O3. The number of fused-ring (bicyclic) bond motifs is 1. The van der Waals surface area contributed by atoms with Crippen LogP contribution >= 0.6 is 0 Å². The first-order chi connectivity index (χ1) is 12.9. The first kappa shape index (κ1) is 18.6. The Kier molecular flexibility index (Phi) is 5.26. The summed E-state index contributed by atoms with van der Waals surface area (Å²) in [6.07, 6.45) is 0. The van der Waals surface area contributed by atoms with E-state index in [1.54, 1.807) is 42.5 Å². The smallest absolute Gasteiger partial charge is 0.336 e. The molecule has 1 N–H and O–H groups in total. The van der Waals surface area contributed by atoms with Crippen LogP contribution < -0.4 is 16.6 Å². The van der Waals surface area contributed by atoms with Crippen LogP contribution in [0, 0.1) is 12.8 Å². The molecule has 0 saturated heterocycles. The molecule has 1 heterocycles. The molecule has 0 bridgehead atoms. The van der Waals surface area contributed by atoms with E-state index < -0.39 is 5.69 Å². The zero-order valence-corrected chi connectivity index (χ0v) is 15.7. The number of hydrogen-bond acceptors (Lipinski definition) is 3. The van der Waals surface area contributed by atoms with E-state index in [9.17, 15) is 14.4 Å². The summed E-state index contributed by atoms with van der Waals surface area (Å²) in [7, 11) is 0. The molecule has 27 heavy (non-hydrogen) atoms. The van der Waals surface area contributed by atoms with Gasteiger partial charge in [0.2, 0.25) is 5.91 Å². The summed E-state index contributed by atoms with van der Waals surface area (Å²) >= 11 is 0. The summed E-state index contributed by atoms with van der Waals surface area (Å²) in [6.45, 7) is 6.29. The van der Waals surface area contributed by atoms with E-state index in [2.05, 4.69) is 5.32 Å². The van der Waals surface area contributed by atoms with Crippen LogP contribution in [0.15, 0.2) is 58.1 Å². The molecule has 6 nitrogen and oxygen atoms in total. The zero-order chi connectivity index (χ0) is 19.6. The molecule has 3 aromatic rings. The lowest BCUT2D eigenvalue weighted by Crippen LogP contribution is -2.42. The molecule has 0 aliphatic heterocycles. The average molecular weight is 365 g/mol. The van der Waals surface area contributed by atoms with Crippen molar-refractivity contribution in [1.29, 1.82) is 0 Å². The molecule has 6 heteroatoms. The highest BCUT2D eigenvalue weighted by molar-refractivity contribution is 5.81. The van der Waals surface area contributed by atoms with Crippen LogP contribution in [0.2, 0.25) is 0 Å². The lowest BCUT2D eigenvalue weighted by atomic mass is 10.2. The molecule has 1 amide bonds. The van der Waals surface area contributed by atoms with Gasteiger partial charge in [-0.25, -0.2) is 9.36 Å². The van der Waals surface area contributed by atoms with Crippen LogP contribution in [0.25, 0.3) is 16.6 Å². The second-order valence-electron chi connectivity index (χ2n) is 7.06. The van der Waals surface area contributed by atoms with Gasteiger partial charge in [0, 0.05) is 6.54 Å². The lowest BCUT2D eigenvalue weighted by molar-refractivity contribution is -0.121. The number of para-hydroxylation sites is 1. The van der Waals surface area contributed by atoms with E-state index in [0.717, 1.165) is 10.1 Å². The van der Waals surface area contributed by atoms with Crippen LogP contribution in [0.3, 0.4) is 0 Å². The molecule has 0 atom stereocenters. The Balaban J connectivity index is 2.19. The fraction of sp³-hybridized carbons (Fsp3) is 0.286. The van der Waals surface area contributed by atoms with Crippen molar-refractivity contribution in [2.45, 2.75) is 27.3 Å². The van der Waals surface area contributed by atoms with Gasteiger partial charge in [-0.3, -0.25) is 14.2 Å². The van der Waals surface area contributed by atoms with E-state index in [4.69, 9.17) is 0 Å². The number of aryl methyl sites for hydroxylation is 1. The SMILES string of the molecule is Cc1cccc(-n2c(=O)c3ccccc3n(CC(=O)NCC(C)C)c2=O)c1. The Morgan fingerprint density at radius 1 is 1.07 bits per heavy atom. The molecule has 140 valence electrons. The Morgan fingerprint density at radius 3 is 2.52 bits per heavy atom. The number of nitrogens with one attached hydrogen (secondary N) is 1. The number of amides is 1. The maximum absolute atomic E-state index is 13.1. The highest BCUT2D eigenvalue weighted by Gasteiger charge is 2.16. The second-order valence-corrected chi connectivity index (χ2v) is 7.06. The third-order valence-corrected chi connectivity index (χ3v) is 4.32. The summed E-state index contributed by atoms with van der Waals surface area (Å²) in [5.74, 6) is 0.0501. The second kappa shape index (κ2) is 7.61. The summed E-state index contributed by atoms with van der Waals surface area (Å²) < 4.78 is 2.49. The largest absolute Gasteiger partial charge is 0.354 e. The number of carbonyl (C=O) groups is 1. The normalized spacial score (nSPS) is 11.1. The van der Waals surface area contributed by atoms with E-state index in [1.807, 2.05) is 26.8 Å². The Hall–Kier alpha value is -3.15. The van der Waals surface area contributed by atoms with Gasteiger partial charge in [-0.2, -0.15) is 0 Å². The summed E-state index contributed by atoms with van der Waals surface area (Å²) in [6, 6.07) is 14.0. The van der Waals surface area contributed by atoms with Gasteiger partial charge in [0.05, 0.1) is 16.6 Å². The van der Waals surface area contributed by atoms with Crippen molar-refractivity contribution in [2.24, 2.45) is 5.92 Å². The van der Waals surface area contributed by atoms with Crippen molar-refractivity contribution < 1.29 is 4.79 Å². The number of carbonyl (C=O) groups excluding carboxylic acids is 1. The number of hydrogen-bond donors (Lipinski definition) is 1. The van der Waals surface area contributed by atoms with Gasteiger partial charge in [0.1, 0.15) is 6.54 Å². The zero-order valence-electron chi connectivity index (χ0n) is 15.7. The van der Waals surface area contributed by atoms with Crippen molar-refractivity contribution in [2.75, 3.05) is 6.54 Å². The Morgan fingerprint density at radius 2 is 1.81 bits per heavy atom. The van der Waals surface area contributed by atoms with Gasteiger partial charge >= 0.3 is 5.69 Å². The van der Waals surface area contributed by atoms with Gasteiger partial charge in [0.25, 0.3) is 5.56 Å². The first-order valence-corrected chi connectivity index (χ1v) is 8.97. The molecule has 1 aromatic heterocycles. The third-order valence-electron chi connectivity index (χ3n) is 4.32. The quantitative estimate of drug-likeness (QED) is 0.754. The number of rotatable bonds is 5. The monoisotopic (exact) mass is 365 g/mol. The van der Waals surface area contributed by atoms with Crippen molar-refractivity contribution in [3.63, 3.8) is 0 Å². The molecule has 0 spiro atoms. The van der Waals surface area contributed by atoms with E-state index >= 15 is 0 Å². The van der Waals surface area contributed by atoms with E-state index in [1.165, 1.54) is 4.57 Å². The number of nitrogens with zero attached hydrogens (tertiary/aromatic N) is 2. The fourth-order valence-electron chi connectivity index (χ4n) is 2.99. The number of benzene rings is 2. The highest BCUT2D eigenvalue weighted by atomic mass is 16.2. The van der Waals surface area contributed by atoms with Gasteiger partial charge in [-0.05, 0) is 42.7 Å². The van der Waals surface area contributed by atoms with Gasteiger partial charge in [0.15, 0.2) is 0 Å². The van der Waals surface area contributed by atoms with Gasteiger partial charge in [-0.15, -0.1) is 0 Å². The molecule has 2 aromatic carbocycles. The predicted octanol–water partition coefficient (Wildman–Crippen LogP) is 2.23. The summed E-state index contributed by atoms with van der Waals surface area (Å²) in [4.78, 5) is 38.4. The average Bonchev–Trinajstić information content (AvgIpc) is 2.64. The third kappa shape index (κ3) is 3.84. The summed E-state index contributed by atoms with van der Waals surface area (Å²) in [5.41, 5.74) is 0.973. The maximum Gasteiger partial charge on any atom is 0.336 e. The molecule has 0 aliphatic rings. The van der Waals surface area contributed by atoms with Crippen LogP contribution in [0.4, 0.5) is 0 Å². The molecule has 0 unspecified atom stereocenters. The number of aromatic nitrogens is 2. The molecular weight excluding hydrogens is 342 g/mol. The first-order valence-electron chi connectivity index (χ1n) is 8.97. The molecule has 0 aliphatic carbocycles. The predicted molar refractivity (Wildman–Crippen MR) is 106 cm³/mol. The van der Waals surface area contributed by atoms with Crippen LogP contribution in [0.5, 0.6) is 0 Å². The van der Waals surface area contributed by atoms with Crippen LogP contribution in [-0.2, 0) is 11.3 Å². The van der Waals surface area contributed by atoms with Gasteiger partial charge < -0.3 is 5.32 Å². The lowest BCUT2D eigenvalue weighted by Gasteiger charge is -2.15. The minimum atomic E-state index is -0.524. The minimum Gasteiger partial charge on any atom is -0.354 e. The Labute approximate surface area is 157 Å². The topological polar surface area (TPSA) is 73.1 Å². The maximum atomic E-state index is 13.1.